The van der Waals surface area contributed by atoms with Crippen molar-refractivity contribution in [3.05, 3.63) is 119 Å². The summed E-state index contributed by atoms with van der Waals surface area (Å²) in [5.41, 5.74) is 11.5. The minimum atomic E-state index is -0.565. The molecular formula is C50H64BrN7O7. The molecule has 9 rings (SSSR count). The number of nitrogens with zero attached hydrogens (tertiary/aromatic N) is 4. The molecule has 6 heterocycles. The largest absolute Gasteiger partial charge is 0.389 e. The van der Waals surface area contributed by atoms with Crippen molar-refractivity contribution >= 4 is 65.7 Å². The number of ether oxygens (including phenoxy) is 3. The van der Waals surface area contributed by atoms with Crippen LogP contribution in [0.4, 0.5) is 17.1 Å². The van der Waals surface area contributed by atoms with Crippen LogP contribution in [0, 0.1) is 0 Å². The Morgan fingerprint density at radius 1 is 0.585 bits per heavy atom. The molecule has 3 aliphatic heterocycles. The zero-order valence-corrected chi connectivity index (χ0v) is 40.6. The van der Waals surface area contributed by atoms with Gasteiger partial charge < -0.3 is 40.2 Å². The molecule has 6 aromatic rings. The first-order chi connectivity index (χ1) is 31.3. The highest BCUT2D eigenvalue weighted by atomic mass is 79.9. The number of alkyl halides is 1. The number of aliphatic hydroxyl groups excluding tert-OH is 1. The van der Waals surface area contributed by atoms with Crippen molar-refractivity contribution in [2.75, 3.05) is 71.0 Å². The third-order valence-electron chi connectivity index (χ3n) is 12.9. The van der Waals surface area contributed by atoms with Gasteiger partial charge in [0.2, 0.25) is 0 Å². The number of methoxy groups -OCH3 is 3. The maximum Gasteiger partial charge on any atom is 0.258 e. The number of pyridine rings is 3. The van der Waals surface area contributed by atoms with E-state index in [4.69, 9.17) is 14.2 Å². The van der Waals surface area contributed by atoms with Gasteiger partial charge in [-0.25, -0.2) is 0 Å². The van der Waals surface area contributed by atoms with Crippen molar-refractivity contribution in [1.82, 2.24) is 18.6 Å². The van der Waals surface area contributed by atoms with Crippen molar-refractivity contribution in [1.29, 1.82) is 0 Å². The van der Waals surface area contributed by atoms with Crippen LogP contribution in [-0.2, 0) is 53.7 Å². The Balaban J connectivity index is 0.000000146. The number of fused-ring (bicyclic) bond motifs is 9. The molecule has 0 fully saturated rings. The second kappa shape index (κ2) is 21.1. The molecule has 14 nitrogen and oxygen atoms in total. The monoisotopic (exact) mass is 953 g/mol. The van der Waals surface area contributed by atoms with Crippen LogP contribution in [-0.4, -0.2) is 78.8 Å². The standard InChI is InChI=1S/C18H25N3O2.C16H19BrN2O2.C16H20N2O3/c1-12(20(2)3)13-7-8-14-16(10-13)21(11-23-4)18(22)15-6-5-9-19-17(14)15;1-10(17)11-5-6-12-14(8-11)19(9-21-2)16(20)13-4-3-7-18-15(12)13;1-10(19)11-5-6-12-14(8-11)18(9-21-2)16(20)13-4-3-7-17-15(12)13/h7-8,10,12,19H,5-6,9,11H2,1-4H3;5-6,8,10,18H,3-4,7,9H2,1-2H3;5-6,8,10,17,19H,3-4,7,9H2,1-2H3. The molecular weight excluding hydrogens is 890 g/mol. The van der Waals surface area contributed by atoms with E-state index < -0.39 is 6.10 Å². The van der Waals surface area contributed by atoms with Gasteiger partial charge in [0.05, 0.1) is 39.7 Å². The molecule has 4 N–H and O–H groups in total. The number of benzene rings is 3. The molecule has 0 aliphatic carbocycles. The SMILES string of the molecule is COCn1c(=O)c2c(c3ccc(C(C)Br)cc31)NCCC2.COCn1c(=O)c2c(c3ccc(C(C)N(C)C)cc31)NCCC2.COCn1c(=O)c2c(c3ccc(C(C)O)cc31)NCCC2. The molecule has 0 amide bonds. The number of anilines is 3. The lowest BCUT2D eigenvalue weighted by atomic mass is 9.98. The highest BCUT2D eigenvalue weighted by Gasteiger charge is 2.23. The van der Waals surface area contributed by atoms with Crippen LogP contribution in [0.15, 0.2) is 69.0 Å². The van der Waals surface area contributed by atoms with Gasteiger partial charge in [-0.15, -0.1) is 0 Å². The lowest BCUT2D eigenvalue weighted by Crippen LogP contribution is -2.29. The summed E-state index contributed by atoms with van der Waals surface area (Å²) in [7, 11) is 8.95. The molecule has 3 atom stereocenters. The molecule has 3 aliphatic rings. The third kappa shape index (κ3) is 9.77. The van der Waals surface area contributed by atoms with Crippen LogP contribution in [0.5, 0.6) is 0 Å². The van der Waals surface area contributed by atoms with E-state index in [1.54, 1.807) is 42.0 Å². The Morgan fingerprint density at radius 2 is 0.923 bits per heavy atom. The second-order valence-electron chi connectivity index (χ2n) is 17.4. The zero-order valence-electron chi connectivity index (χ0n) is 39.0. The molecule has 0 bridgehead atoms. The molecule has 3 aromatic carbocycles. The van der Waals surface area contributed by atoms with Crippen molar-refractivity contribution in [2.24, 2.45) is 0 Å². The first kappa shape index (κ1) is 47.9. The second-order valence-corrected chi connectivity index (χ2v) is 18.7. The zero-order chi connectivity index (χ0) is 46.5. The fraction of sp³-hybridized carbons (Fsp3) is 0.460. The van der Waals surface area contributed by atoms with Crippen LogP contribution in [0.1, 0.15) is 90.4 Å². The molecule has 0 radical (unpaired) electrons. The number of hydrogen-bond donors (Lipinski definition) is 4. The van der Waals surface area contributed by atoms with Crippen LogP contribution in [0.2, 0.25) is 0 Å². The number of aromatic nitrogens is 3. The van der Waals surface area contributed by atoms with Crippen LogP contribution in [0.25, 0.3) is 32.7 Å². The van der Waals surface area contributed by atoms with Gasteiger partial charge in [-0.05, 0) is 108 Å². The van der Waals surface area contributed by atoms with Crippen molar-refractivity contribution in [3.8, 4) is 0 Å². The van der Waals surface area contributed by atoms with E-state index in [2.05, 4.69) is 101 Å². The summed E-state index contributed by atoms with van der Waals surface area (Å²) in [5, 5.41) is 23.2. The maximum absolute atomic E-state index is 12.9. The lowest BCUT2D eigenvalue weighted by Gasteiger charge is -2.24. The van der Waals surface area contributed by atoms with Crippen molar-refractivity contribution in [3.63, 3.8) is 0 Å². The van der Waals surface area contributed by atoms with E-state index in [0.29, 0.717) is 0 Å². The molecule has 0 spiro atoms. The molecule has 0 saturated heterocycles. The smallest absolute Gasteiger partial charge is 0.258 e. The van der Waals surface area contributed by atoms with E-state index in [9.17, 15) is 19.5 Å². The minimum Gasteiger partial charge on any atom is -0.389 e. The summed E-state index contributed by atoms with van der Waals surface area (Å²) in [6.07, 6.45) is 4.84. The van der Waals surface area contributed by atoms with Gasteiger partial charge in [0.25, 0.3) is 16.7 Å². The molecule has 3 aromatic heterocycles. The van der Waals surface area contributed by atoms with Crippen LogP contribution in [0.3, 0.4) is 0 Å². The van der Waals surface area contributed by atoms with Gasteiger partial charge in [-0.2, -0.15) is 0 Å². The normalized spacial score (nSPS) is 15.6. The Morgan fingerprint density at radius 3 is 1.26 bits per heavy atom. The van der Waals surface area contributed by atoms with E-state index in [1.807, 2.05) is 18.2 Å². The summed E-state index contributed by atoms with van der Waals surface area (Å²) in [4.78, 5) is 40.7. The Kier molecular flexibility index (Phi) is 15.5. The van der Waals surface area contributed by atoms with Crippen molar-refractivity contribution < 1.29 is 19.3 Å². The summed E-state index contributed by atoms with van der Waals surface area (Å²) in [6.45, 7) is 9.47. The summed E-state index contributed by atoms with van der Waals surface area (Å²) < 4.78 is 20.9. The van der Waals surface area contributed by atoms with Gasteiger partial charge in [0.15, 0.2) is 0 Å². The molecule has 0 saturated carbocycles. The summed E-state index contributed by atoms with van der Waals surface area (Å²) in [5.74, 6) is 0. The highest BCUT2D eigenvalue weighted by Crippen LogP contribution is 2.34. The molecule has 65 heavy (non-hydrogen) atoms. The highest BCUT2D eigenvalue weighted by molar-refractivity contribution is 9.09. The van der Waals surface area contributed by atoms with E-state index in [0.717, 1.165) is 136 Å². The molecule has 348 valence electrons. The predicted octanol–water partition coefficient (Wildman–Crippen LogP) is 8.02. The third-order valence-corrected chi connectivity index (χ3v) is 13.4. The van der Waals surface area contributed by atoms with E-state index in [-0.39, 0.29) is 47.7 Å². The number of nitrogens with one attached hydrogen (secondary N) is 3. The van der Waals surface area contributed by atoms with Crippen LogP contribution < -0.4 is 32.6 Å². The molecule has 15 heteroatoms. The lowest BCUT2D eigenvalue weighted by molar-refractivity contribution is 0.131. The fourth-order valence-corrected chi connectivity index (χ4v) is 9.43. The first-order valence-electron chi connectivity index (χ1n) is 22.6. The topological polar surface area (TPSA) is 153 Å². The molecule has 3 unspecified atom stereocenters. The first-order valence-corrected chi connectivity index (χ1v) is 23.5. The predicted molar refractivity (Wildman–Crippen MR) is 266 cm³/mol. The number of rotatable bonds is 10. The fourth-order valence-electron chi connectivity index (χ4n) is 9.15. The summed E-state index contributed by atoms with van der Waals surface area (Å²) >= 11 is 3.59. The Bertz CT molecular complexity index is 2740. The average molecular weight is 955 g/mol. The van der Waals surface area contributed by atoms with E-state index in [1.165, 1.54) is 5.56 Å². The van der Waals surface area contributed by atoms with Gasteiger partial charge in [-0.1, -0.05) is 52.3 Å². The number of aliphatic hydroxyl groups is 1. The van der Waals surface area contributed by atoms with E-state index >= 15 is 0 Å². The minimum absolute atomic E-state index is 0.00528. The Hall–Kier alpha value is -5.03. The van der Waals surface area contributed by atoms with Gasteiger partial charge >= 0.3 is 0 Å². The maximum atomic E-state index is 12.9. The summed E-state index contributed by atoms with van der Waals surface area (Å²) in [6, 6.07) is 18.7. The quantitative estimate of drug-likeness (QED) is 0.0989. The number of hydrogen-bond acceptors (Lipinski definition) is 11. The van der Waals surface area contributed by atoms with Crippen molar-refractivity contribution in [2.45, 2.75) is 96.5 Å². The van der Waals surface area contributed by atoms with Crippen LogP contribution >= 0.6 is 15.9 Å². The average Bonchev–Trinajstić information content (AvgIpc) is 3.32. The van der Waals surface area contributed by atoms with Gasteiger partial charge in [0.1, 0.15) is 20.2 Å². The Labute approximate surface area is 388 Å². The number of halogens is 1. The van der Waals surface area contributed by atoms with Gasteiger partial charge in [0, 0.05) is 84.7 Å². The van der Waals surface area contributed by atoms with Gasteiger partial charge in [-0.3, -0.25) is 28.1 Å².